The molecule has 1 atom stereocenters. The number of hydrogen-bond donors (Lipinski definition) is 1. The minimum Gasteiger partial charge on any atom is -0.300 e. The van der Waals surface area contributed by atoms with Gasteiger partial charge in [0.15, 0.2) is 0 Å². The van der Waals surface area contributed by atoms with E-state index >= 15 is 0 Å². The van der Waals surface area contributed by atoms with Crippen LogP contribution in [0.2, 0.25) is 0 Å². The van der Waals surface area contributed by atoms with Gasteiger partial charge in [-0.05, 0) is 49.8 Å². The maximum atomic E-state index is 4.59. The van der Waals surface area contributed by atoms with Crippen LogP contribution in [-0.2, 0) is 0 Å². The lowest BCUT2D eigenvalue weighted by atomic mass is 9.82. The normalized spacial score (nSPS) is 23.6. The molecule has 1 unspecified atom stereocenters. The number of thiol groups is 1. The van der Waals surface area contributed by atoms with Crippen LogP contribution < -0.4 is 0 Å². The van der Waals surface area contributed by atoms with Gasteiger partial charge >= 0.3 is 0 Å². The summed E-state index contributed by atoms with van der Waals surface area (Å²) in [4.78, 5) is 2.74. The number of piperidine rings is 1. The Hall–Kier alpha value is 0.310. The van der Waals surface area contributed by atoms with Gasteiger partial charge in [-0.3, -0.25) is 4.90 Å². The zero-order valence-corrected chi connectivity index (χ0v) is 12.2. The Morgan fingerprint density at radius 3 is 2.38 bits per heavy atom. The highest BCUT2D eigenvalue weighted by Crippen LogP contribution is 2.32. The molecule has 96 valence electrons. The van der Waals surface area contributed by atoms with E-state index in [-0.39, 0.29) is 0 Å². The van der Waals surface area contributed by atoms with E-state index in [1.165, 1.54) is 51.6 Å². The van der Waals surface area contributed by atoms with Crippen molar-refractivity contribution in [2.45, 2.75) is 65.3 Å². The second-order valence-corrected chi connectivity index (χ2v) is 5.71. The average Bonchev–Trinajstić information content (AvgIpc) is 2.36. The van der Waals surface area contributed by atoms with E-state index in [2.05, 4.69) is 38.3 Å². The number of rotatable bonds is 6. The first-order valence-electron chi connectivity index (χ1n) is 7.06. The maximum absolute atomic E-state index is 4.59. The molecular weight excluding hydrogens is 214 g/mol. The summed E-state index contributed by atoms with van der Waals surface area (Å²) in [6, 6.07) is 0.839. The molecule has 0 aromatic heterocycles. The topological polar surface area (TPSA) is 3.24 Å². The predicted octanol–water partition coefficient (Wildman–Crippen LogP) is 3.99. The van der Waals surface area contributed by atoms with E-state index in [1.54, 1.807) is 0 Å². The van der Waals surface area contributed by atoms with Gasteiger partial charge in [0, 0.05) is 12.6 Å². The fraction of sp³-hybridized carbons (Fsp3) is 1.00. The van der Waals surface area contributed by atoms with Gasteiger partial charge in [0.05, 0.1) is 0 Å². The second-order valence-electron chi connectivity index (χ2n) is 5.39. The van der Waals surface area contributed by atoms with Crippen molar-refractivity contribution in [3.05, 3.63) is 0 Å². The second kappa shape index (κ2) is 6.90. The minimum absolute atomic E-state index is 0.452. The van der Waals surface area contributed by atoms with E-state index in [0.29, 0.717) is 5.41 Å². The molecule has 1 aliphatic heterocycles. The van der Waals surface area contributed by atoms with E-state index in [9.17, 15) is 0 Å². The van der Waals surface area contributed by atoms with Crippen molar-refractivity contribution in [3.8, 4) is 0 Å². The Bertz CT molecular complexity index is 181. The quantitative estimate of drug-likeness (QED) is 0.690. The van der Waals surface area contributed by atoms with Gasteiger partial charge in [0.1, 0.15) is 0 Å². The third kappa shape index (κ3) is 3.40. The largest absolute Gasteiger partial charge is 0.300 e. The van der Waals surface area contributed by atoms with E-state index < -0.39 is 0 Å². The first kappa shape index (κ1) is 14.4. The molecule has 0 amide bonds. The molecule has 0 aromatic rings. The van der Waals surface area contributed by atoms with Gasteiger partial charge in [-0.2, -0.15) is 12.6 Å². The molecule has 0 saturated carbocycles. The molecular formula is C14H29NS. The first-order valence-corrected chi connectivity index (χ1v) is 7.69. The van der Waals surface area contributed by atoms with Crippen LogP contribution in [0.4, 0.5) is 0 Å². The molecule has 2 heteroatoms. The predicted molar refractivity (Wildman–Crippen MR) is 76.4 cm³/mol. The van der Waals surface area contributed by atoms with Crippen molar-refractivity contribution in [3.63, 3.8) is 0 Å². The molecule has 16 heavy (non-hydrogen) atoms. The third-order valence-corrected chi connectivity index (χ3v) is 5.27. The lowest BCUT2D eigenvalue weighted by Gasteiger charge is -2.42. The molecule has 1 saturated heterocycles. The SMILES string of the molecule is CCC1CCCCN1CC(CC)(CC)CS. The highest BCUT2D eigenvalue weighted by molar-refractivity contribution is 7.80. The van der Waals surface area contributed by atoms with Crippen molar-refractivity contribution >= 4 is 12.6 Å². The summed E-state index contributed by atoms with van der Waals surface area (Å²) in [6.07, 6.45) is 8.08. The van der Waals surface area contributed by atoms with Crippen molar-refractivity contribution in [1.29, 1.82) is 0 Å². The molecule has 1 fully saturated rings. The van der Waals surface area contributed by atoms with E-state index in [4.69, 9.17) is 0 Å². The summed E-state index contributed by atoms with van der Waals surface area (Å²) in [5.74, 6) is 1.03. The monoisotopic (exact) mass is 243 g/mol. The van der Waals surface area contributed by atoms with Gasteiger partial charge in [-0.25, -0.2) is 0 Å². The smallest absolute Gasteiger partial charge is 0.00928 e. The maximum Gasteiger partial charge on any atom is 0.00928 e. The molecule has 0 spiro atoms. The highest BCUT2D eigenvalue weighted by Gasteiger charge is 2.31. The van der Waals surface area contributed by atoms with Gasteiger partial charge < -0.3 is 0 Å². The van der Waals surface area contributed by atoms with Gasteiger partial charge in [-0.1, -0.05) is 27.2 Å². The highest BCUT2D eigenvalue weighted by atomic mass is 32.1. The Morgan fingerprint density at radius 1 is 1.19 bits per heavy atom. The number of hydrogen-bond acceptors (Lipinski definition) is 2. The number of likely N-dealkylation sites (tertiary alicyclic amines) is 1. The van der Waals surface area contributed by atoms with Crippen molar-refractivity contribution in [1.82, 2.24) is 4.90 Å². The summed E-state index contributed by atoms with van der Waals surface area (Å²) in [5, 5.41) is 0. The summed E-state index contributed by atoms with van der Waals surface area (Å²) >= 11 is 4.59. The summed E-state index contributed by atoms with van der Waals surface area (Å²) < 4.78 is 0. The molecule has 0 aliphatic carbocycles. The van der Waals surface area contributed by atoms with Crippen LogP contribution in [0.15, 0.2) is 0 Å². The van der Waals surface area contributed by atoms with E-state index in [1.807, 2.05) is 0 Å². The van der Waals surface area contributed by atoms with Crippen LogP contribution in [0, 0.1) is 5.41 Å². The summed E-state index contributed by atoms with van der Waals surface area (Å²) in [6.45, 7) is 9.56. The van der Waals surface area contributed by atoms with Crippen LogP contribution in [0.5, 0.6) is 0 Å². The van der Waals surface area contributed by atoms with Crippen LogP contribution in [-0.4, -0.2) is 29.8 Å². The van der Waals surface area contributed by atoms with Crippen molar-refractivity contribution < 1.29 is 0 Å². The summed E-state index contributed by atoms with van der Waals surface area (Å²) in [5.41, 5.74) is 0.452. The van der Waals surface area contributed by atoms with Gasteiger partial charge in [0.2, 0.25) is 0 Å². The molecule has 0 radical (unpaired) electrons. The van der Waals surface area contributed by atoms with Crippen molar-refractivity contribution in [2.75, 3.05) is 18.8 Å². The van der Waals surface area contributed by atoms with Crippen LogP contribution in [0.25, 0.3) is 0 Å². The zero-order chi connectivity index (χ0) is 12.0. The molecule has 1 heterocycles. The average molecular weight is 243 g/mol. The Kier molecular flexibility index (Phi) is 6.20. The molecule has 0 N–H and O–H groups in total. The Labute approximate surface area is 107 Å². The Balaban J connectivity index is 2.61. The first-order chi connectivity index (χ1) is 7.71. The minimum atomic E-state index is 0.452. The molecule has 0 aromatic carbocycles. The molecule has 1 nitrogen and oxygen atoms in total. The zero-order valence-electron chi connectivity index (χ0n) is 11.3. The van der Waals surface area contributed by atoms with Gasteiger partial charge in [-0.15, -0.1) is 0 Å². The molecule has 0 bridgehead atoms. The van der Waals surface area contributed by atoms with Crippen LogP contribution in [0.3, 0.4) is 0 Å². The molecule has 1 rings (SSSR count). The fourth-order valence-electron chi connectivity index (χ4n) is 2.91. The lowest BCUT2D eigenvalue weighted by molar-refractivity contribution is 0.0836. The van der Waals surface area contributed by atoms with Crippen molar-refractivity contribution in [2.24, 2.45) is 5.41 Å². The lowest BCUT2D eigenvalue weighted by Crippen LogP contribution is -2.46. The molecule has 1 aliphatic rings. The van der Waals surface area contributed by atoms with Gasteiger partial charge in [0.25, 0.3) is 0 Å². The van der Waals surface area contributed by atoms with Crippen LogP contribution >= 0.6 is 12.6 Å². The third-order valence-electron chi connectivity index (χ3n) is 4.59. The standard InChI is InChI=1S/C14H29NS/c1-4-13-9-7-8-10-15(13)11-14(5-2,6-3)12-16/h13,16H,4-12H2,1-3H3. The van der Waals surface area contributed by atoms with E-state index in [0.717, 1.165) is 11.8 Å². The number of nitrogens with zero attached hydrogens (tertiary/aromatic N) is 1. The van der Waals surface area contributed by atoms with Crippen LogP contribution in [0.1, 0.15) is 59.3 Å². The fourth-order valence-corrected chi connectivity index (χ4v) is 3.46. The summed E-state index contributed by atoms with van der Waals surface area (Å²) in [7, 11) is 0. The Morgan fingerprint density at radius 2 is 1.88 bits per heavy atom.